The first-order chi connectivity index (χ1) is 14.6. The van der Waals surface area contributed by atoms with Gasteiger partial charge in [0.25, 0.3) is 0 Å². The average molecular weight is 423 g/mol. The van der Waals surface area contributed by atoms with Gasteiger partial charge in [-0.2, -0.15) is 0 Å². The summed E-state index contributed by atoms with van der Waals surface area (Å²) in [6.07, 6.45) is 4.23. The quantitative estimate of drug-likeness (QED) is 0.661. The summed E-state index contributed by atoms with van der Waals surface area (Å²) in [6.45, 7) is 2.19. The Balaban J connectivity index is 1.42. The van der Waals surface area contributed by atoms with E-state index in [-0.39, 0.29) is 12.0 Å². The molecule has 6 heteroatoms. The van der Waals surface area contributed by atoms with Crippen molar-refractivity contribution in [1.82, 2.24) is 14.8 Å². The number of hydrogen-bond donors (Lipinski definition) is 1. The summed E-state index contributed by atoms with van der Waals surface area (Å²) < 4.78 is 2.10. The van der Waals surface area contributed by atoms with E-state index in [0.29, 0.717) is 10.9 Å². The molecule has 2 heterocycles. The molecular formula is C24H27ClN4O. The minimum Gasteiger partial charge on any atom is -0.396 e. The number of nitrogens with zero attached hydrogens (tertiary/aromatic N) is 4. The lowest BCUT2D eigenvalue weighted by molar-refractivity contribution is 0.203. The fourth-order valence-corrected chi connectivity index (χ4v) is 5.02. The second-order valence-electron chi connectivity index (χ2n) is 8.63. The van der Waals surface area contributed by atoms with E-state index in [2.05, 4.69) is 62.1 Å². The molecule has 1 aliphatic carbocycles. The highest BCUT2D eigenvalue weighted by atomic mass is 35.5. The standard InChI is InChI=1S/C24H27ClN4O/c1-28-22(26-27-23(28)24(11-12-24)18-5-3-2-4-6-18)20-8-7-19(15-21(20)25)29-13-9-17(16-30)10-14-29/h2-8,15,17,30H,9-14,16H2,1H3. The normalized spacial score (nSPS) is 18.6. The Bertz CT molecular complexity index is 1040. The van der Waals surface area contributed by atoms with E-state index in [1.54, 1.807) is 0 Å². The number of hydrogen-bond acceptors (Lipinski definition) is 4. The maximum Gasteiger partial charge on any atom is 0.165 e. The topological polar surface area (TPSA) is 54.2 Å². The Labute approximate surface area is 182 Å². The van der Waals surface area contributed by atoms with Gasteiger partial charge in [-0.25, -0.2) is 0 Å². The summed E-state index contributed by atoms with van der Waals surface area (Å²) in [5.74, 6) is 2.24. The van der Waals surface area contributed by atoms with E-state index < -0.39 is 0 Å². The molecule has 0 bridgehead atoms. The number of halogens is 1. The Morgan fingerprint density at radius 3 is 2.43 bits per heavy atom. The highest BCUT2D eigenvalue weighted by Crippen LogP contribution is 2.53. The lowest BCUT2D eigenvalue weighted by Gasteiger charge is -2.33. The summed E-state index contributed by atoms with van der Waals surface area (Å²) in [5.41, 5.74) is 3.33. The zero-order chi connectivity index (χ0) is 20.7. The smallest absolute Gasteiger partial charge is 0.165 e. The van der Waals surface area contributed by atoms with Crippen LogP contribution in [0.2, 0.25) is 5.02 Å². The molecule has 0 atom stereocenters. The SMILES string of the molecule is Cn1c(-c2ccc(N3CCC(CO)CC3)cc2Cl)nnc1C1(c2ccccc2)CC1. The van der Waals surface area contributed by atoms with Crippen LogP contribution in [0.4, 0.5) is 5.69 Å². The first kappa shape index (κ1) is 19.6. The van der Waals surface area contributed by atoms with Crippen LogP contribution in [-0.2, 0) is 12.5 Å². The van der Waals surface area contributed by atoms with Gasteiger partial charge in [0.1, 0.15) is 5.82 Å². The van der Waals surface area contributed by atoms with Gasteiger partial charge in [-0.05, 0) is 55.4 Å². The van der Waals surface area contributed by atoms with Gasteiger partial charge < -0.3 is 14.6 Å². The third-order valence-corrected chi connectivity index (χ3v) is 7.12. The molecule has 0 unspecified atom stereocenters. The zero-order valence-corrected chi connectivity index (χ0v) is 18.0. The molecule has 5 nitrogen and oxygen atoms in total. The maximum atomic E-state index is 9.36. The van der Waals surface area contributed by atoms with Crippen molar-refractivity contribution in [3.8, 4) is 11.4 Å². The Morgan fingerprint density at radius 1 is 1.07 bits per heavy atom. The Kier molecular flexibility index (Phi) is 5.03. The predicted molar refractivity (Wildman–Crippen MR) is 120 cm³/mol. The second kappa shape index (κ2) is 7.71. The number of aliphatic hydroxyl groups excluding tert-OH is 1. The first-order valence-electron chi connectivity index (χ1n) is 10.7. The Morgan fingerprint density at radius 2 is 1.80 bits per heavy atom. The molecule has 2 aromatic carbocycles. The van der Waals surface area contributed by atoms with Crippen molar-refractivity contribution in [3.63, 3.8) is 0 Å². The summed E-state index contributed by atoms with van der Waals surface area (Å²) in [5, 5.41) is 19.2. The molecule has 1 aromatic heterocycles. The lowest BCUT2D eigenvalue weighted by Crippen LogP contribution is -2.34. The number of aromatic nitrogens is 3. The lowest BCUT2D eigenvalue weighted by atomic mass is 9.95. The van der Waals surface area contributed by atoms with Crippen LogP contribution in [0.5, 0.6) is 0 Å². The van der Waals surface area contributed by atoms with E-state index >= 15 is 0 Å². The van der Waals surface area contributed by atoms with Crippen molar-refractivity contribution in [1.29, 1.82) is 0 Å². The fourth-order valence-electron chi connectivity index (χ4n) is 4.76. The van der Waals surface area contributed by atoms with Gasteiger partial charge in [0.2, 0.25) is 0 Å². The van der Waals surface area contributed by atoms with E-state index in [4.69, 9.17) is 11.6 Å². The monoisotopic (exact) mass is 422 g/mol. The average Bonchev–Trinajstić information content (AvgIpc) is 3.51. The maximum absolute atomic E-state index is 9.36. The molecular weight excluding hydrogens is 396 g/mol. The highest BCUT2D eigenvalue weighted by molar-refractivity contribution is 6.33. The number of piperidine rings is 1. The number of anilines is 1. The van der Waals surface area contributed by atoms with Crippen molar-refractivity contribution < 1.29 is 5.11 Å². The molecule has 0 spiro atoms. The molecule has 30 heavy (non-hydrogen) atoms. The predicted octanol–water partition coefficient (Wildman–Crippen LogP) is 4.42. The van der Waals surface area contributed by atoms with Crippen LogP contribution in [0.3, 0.4) is 0 Å². The van der Waals surface area contributed by atoms with E-state index in [9.17, 15) is 5.11 Å². The van der Waals surface area contributed by atoms with E-state index in [1.807, 2.05) is 13.1 Å². The third kappa shape index (κ3) is 3.30. The van der Waals surface area contributed by atoms with Gasteiger partial charge >= 0.3 is 0 Å². The molecule has 0 radical (unpaired) electrons. The molecule has 1 saturated carbocycles. The summed E-state index contributed by atoms with van der Waals surface area (Å²) in [6, 6.07) is 16.8. The van der Waals surface area contributed by atoms with Crippen molar-refractivity contribution in [2.75, 3.05) is 24.6 Å². The second-order valence-corrected chi connectivity index (χ2v) is 9.04. The minimum absolute atomic E-state index is 0.0231. The molecule has 5 rings (SSSR count). The van der Waals surface area contributed by atoms with Gasteiger partial charge in [0.15, 0.2) is 5.82 Å². The van der Waals surface area contributed by atoms with Gasteiger partial charge in [-0.15, -0.1) is 10.2 Å². The van der Waals surface area contributed by atoms with Crippen LogP contribution in [-0.4, -0.2) is 39.6 Å². The van der Waals surface area contributed by atoms with Gasteiger partial charge in [0.05, 0.1) is 10.4 Å². The van der Waals surface area contributed by atoms with Crippen LogP contribution in [0, 0.1) is 5.92 Å². The van der Waals surface area contributed by atoms with E-state index in [1.165, 1.54) is 5.56 Å². The molecule has 2 fully saturated rings. The van der Waals surface area contributed by atoms with Gasteiger partial charge in [-0.3, -0.25) is 0 Å². The van der Waals surface area contributed by atoms with Crippen molar-refractivity contribution in [3.05, 3.63) is 64.9 Å². The third-order valence-electron chi connectivity index (χ3n) is 6.81. The largest absolute Gasteiger partial charge is 0.396 e. The highest BCUT2D eigenvalue weighted by Gasteiger charge is 2.49. The van der Waals surface area contributed by atoms with Crippen LogP contribution < -0.4 is 4.90 Å². The van der Waals surface area contributed by atoms with Gasteiger partial charge in [-0.1, -0.05) is 41.9 Å². The molecule has 0 amide bonds. The summed E-state index contributed by atoms with van der Waals surface area (Å²) >= 11 is 6.72. The van der Waals surface area contributed by atoms with E-state index in [0.717, 1.165) is 61.7 Å². The van der Waals surface area contributed by atoms with Gasteiger partial charge in [0, 0.05) is 38.0 Å². The number of benzene rings is 2. The first-order valence-corrected chi connectivity index (χ1v) is 11.1. The van der Waals surface area contributed by atoms with Crippen molar-refractivity contribution >= 4 is 17.3 Å². The number of aliphatic hydroxyl groups is 1. The minimum atomic E-state index is -0.0231. The molecule has 3 aromatic rings. The van der Waals surface area contributed by atoms with Crippen molar-refractivity contribution in [2.24, 2.45) is 13.0 Å². The zero-order valence-electron chi connectivity index (χ0n) is 17.3. The molecule has 1 N–H and O–H groups in total. The molecule has 1 aliphatic heterocycles. The molecule has 156 valence electrons. The van der Waals surface area contributed by atoms with Crippen LogP contribution in [0.1, 0.15) is 37.1 Å². The van der Waals surface area contributed by atoms with Crippen LogP contribution >= 0.6 is 11.6 Å². The van der Waals surface area contributed by atoms with Crippen LogP contribution in [0.15, 0.2) is 48.5 Å². The summed E-state index contributed by atoms with van der Waals surface area (Å²) in [7, 11) is 2.04. The number of rotatable bonds is 5. The Hall–Kier alpha value is -2.37. The summed E-state index contributed by atoms with van der Waals surface area (Å²) in [4.78, 5) is 2.35. The molecule has 1 saturated heterocycles. The van der Waals surface area contributed by atoms with Crippen LogP contribution in [0.25, 0.3) is 11.4 Å². The molecule has 2 aliphatic rings. The van der Waals surface area contributed by atoms with Crippen molar-refractivity contribution in [2.45, 2.75) is 31.1 Å². The fraction of sp³-hybridized carbons (Fsp3) is 0.417.